The van der Waals surface area contributed by atoms with Gasteiger partial charge < -0.3 is 5.11 Å². The molecule has 0 atom stereocenters. The first kappa shape index (κ1) is 12.0. The number of benzene rings is 1. The zero-order valence-electron chi connectivity index (χ0n) is 9.40. The highest BCUT2D eigenvalue weighted by atomic mass is 19.1. The third kappa shape index (κ3) is 2.27. The molecule has 2 N–H and O–H groups in total. The third-order valence-corrected chi connectivity index (χ3v) is 2.44. The topological polar surface area (TPSA) is 83.0 Å². The van der Waals surface area contributed by atoms with Crippen LogP contribution in [0.4, 0.5) is 4.39 Å². The van der Waals surface area contributed by atoms with Crippen molar-refractivity contribution >= 4 is 5.97 Å². The monoisotopic (exact) mass is 248 g/mol. The minimum absolute atomic E-state index is 0.120. The highest BCUT2D eigenvalue weighted by Gasteiger charge is 2.10. The number of aryl methyl sites for hydroxylation is 1. The van der Waals surface area contributed by atoms with Crippen molar-refractivity contribution < 1.29 is 14.3 Å². The summed E-state index contributed by atoms with van der Waals surface area (Å²) in [7, 11) is 0. The molecule has 1 heterocycles. The largest absolute Gasteiger partial charge is 0.477 e. The summed E-state index contributed by atoms with van der Waals surface area (Å²) in [6.07, 6.45) is 0. The van der Waals surface area contributed by atoms with Gasteiger partial charge in [-0.05, 0) is 24.6 Å². The normalized spacial score (nSPS) is 10.3. The maximum atomic E-state index is 13.4. The number of nitrogens with zero attached hydrogens (tertiary/aromatic N) is 1. The Morgan fingerprint density at radius 2 is 2.11 bits per heavy atom. The molecule has 0 unspecified atom stereocenters. The van der Waals surface area contributed by atoms with E-state index in [1.165, 1.54) is 18.2 Å². The van der Waals surface area contributed by atoms with E-state index < -0.39 is 17.5 Å². The van der Waals surface area contributed by atoms with Gasteiger partial charge in [0.2, 0.25) is 0 Å². The molecule has 0 bridgehead atoms. The minimum atomic E-state index is -1.27. The highest BCUT2D eigenvalue weighted by Crippen LogP contribution is 2.19. The molecular weight excluding hydrogens is 239 g/mol. The van der Waals surface area contributed by atoms with Crippen LogP contribution in [0.2, 0.25) is 0 Å². The van der Waals surface area contributed by atoms with Gasteiger partial charge in [-0.2, -0.15) is 4.98 Å². The summed E-state index contributed by atoms with van der Waals surface area (Å²) >= 11 is 0. The van der Waals surface area contributed by atoms with Crippen molar-refractivity contribution in [3.05, 3.63) is 51.8 Å². The summed E-state index contributed by atoms with van der Waals surface area (Å²) in [4.78, 5) is 27.7. The number of rotatable bonds is 2. The Kier molecular flexibility index (Phi) is 2.93. The predicted molar refractivity (Wildman–Crippen MR) is 61.9 cm³/mol. The van der Waals surface area contributed by atoms with Crippen molar-refractivity contribution in [1.82, 2.24) is 9.97 Å². The summed E-state index contributed by atoms with van der Waals surface area (Å²) in [6.45, 7) is 1.60. The van der Waals surface area contributed by atoms with Crippen molar-refractivity contribution in [2.24, 2.45) is 0 Å². The Labute approximate surface area is 101 Å². The maximum Gasteiger partial charge on any atom is 0.352 e. The van der Waals surface area contributed by atoms with Crippen LogP contribution in [0, 0.1) is 12.7 Å². The van der Waals surface area contributed by atoms with Crippen LogP contribution in [0.15, 0.2) is 29.1 Å². The van der Waals surface area contributed by atoms with E-state index in [1.807, 2.05) is 0 Å². The number of aromatic amines is 1. The number of hydrogen-bond acceptors (Lipinski definition) is 3. The quantitative estimate of drug-likeness (QED) is 0.845. The molecule has 0 aliphatic heterocycles. The zero-order chi connectivity index (χ0) is 13.3. The lowest BCUT2D eigenvalue weighted by molar-refractivity contribution is 0.0690. The van der Waals surface area contributed by atoms with Crippen LogP contribution in [-0.2, 0) is 0 Å². The fourth-order valence-electron chi connectivity index (χ4n) is 1.47. The first-order valence-electron chi connectivity index (χ1n) is 5.08. The standard InChI is InChI=1S/C12H9FN2O3/c1-6-2-3-7(4-8(6)13)9-5-10(11(16)17)15-12(18)14-9/h2-5H,1H3,(H,16,17)(H,14,15,18). The zero-order valence-corrected chi connectivity index (χ0v) is 9.40. The molecule has 0 amide bonds. The van der Waals surface area contributed by atoms with Crippen LogP contribution in [0.5, 0.6) is 0 Å². The first-order chi connectivity index (χ1) is 8.47. The maximum absolute atomic E-state index is 13.4. The Balaban J connectivity index is 2.60. The second-order valence-electron chi connectivity index (χ2n) is 3.75. The fourth-order valence-corrected chi connectivity index (χ4v) is 1.47. The Bertz CT molecular complexity index is 679. The number of hydrogen-bond donors (Lipinski definition) is 2. The summed E-state index contributed by atoms with van der Waals surface area (Å²) in [6, 6.07) is 5.51. The van der Waals surface area contributed by atoms with Crippen LogP contribution in [0.3, 0.4) is 0 Å². The van der Waals surface area contributed by atoms with Gasteiger partial charge in [0.1, 0.15) is 11.5 Å². The number of halogens is 1. The molecule has 5 nitrogen and oxygen atoms in total. The van der Waals surface area contributed by atoms with Gasteiger partial charge in [0, 0.05) is 5.56 Å². The van der Waals surface area contributed by atoms with Crippen molar-refractivity contribution in [2.45, 2.75) is 6.92 Å². The molecular formula is C12H9FN2O3. The van der Waals surface area contributed by atoms with Gasteiger partial charge >= 0.3 is 11.7 Å². The van der Waals surface area contributed by atoms with Crippen LogP contribution >= 0.6 is 0 Å². The van der Waals surface area contributed by atoms with Gasteiger partial charge in [-0.25, -0.2) is 14.0 Å². The molecule has 18 heavy (non-hydrogen) atoms. The van der Waals surface area contributed by atoms with Crippen molar-refractivity contribution in [3.8, 4) is 11.3 Å². The SMILES string of the molecule is Cc1ccc(-c2cc(C(=O)O)[nH]c(=O)n2)cc1F. The van der Waals surface area contributed by atoms with E-state index in [0.29, 0.717) is 11.1 Å². The van der Waals surface area contributed by atoms with Crippen molar-refractivity contribution in [3.63, 3.8) is 0 Å². The number of aromatic nitrogens is 2. The van der Waals surface area contributed by atoms with E-state index >= 15 is 0 Å². The van der Waals surface area contributed by atoms with Crippen LogP contribution in [0.1, 0.15) is 16.1 Å². The first-order valence-corrected chi connectivity index (χ1v) is 5.08. The molecule has 1 aromatic heterocycles. The molecule has 0 saturated carbocycles. The van der Waals surface area contributed by atoms with Gasteiger partial charge in [0.25, 0.3) is 0 Å². The van der Waals surface area contributed by atoms with Crippen LogP contribution < -0.4 is 5.69 Å². The van der Waals surface area contributed by atoms with Crippen LogP contribution in [-0.4, -0.2) is 21.0 Å². The predicted octanol–water partition coefficient (Wildman–Crippen LogP) is 1.58. The molecule has 6 heteroatoms. The van der Waals surface area contributed by atoms with Gasteiger partial charge in [0.15, 0.2) is 0 Å². The van der Waals surface area contributed by atoms with Crippen molar-refractivity contribution in [1.29, 1.82) is 0 Å². The molecule has 2 aromatic rings. The average Bonchev–Trinajstić information content (AvgIpc) is 2.31. The van der Waals surface area contributed by atoms with Crippen molar-refractivity contribution in [2.75, 3.05) is 0 Å². The van der Waals surface area contributed by atoms with E-state index in [1.54, 1.807) is 13.0 Å². The lowest BCUT2D eigenvalue weighted by Gasteiger charge is -2.03. The number of carboxylic acids is 1. The van der Waals surface area contributed by atoms with E-state index in [4.69, 9.17) is 5.11 Å². The van der Waals surface area contributed by atoms with E-state index in [0.717, 1.165) is 0 Å². The minimum Gasteiger partial charge on any atom is -0.477 e. The Hall–Kier alpha value is -2.50. The van der Waals surface area contributed by atoms with E-state index in [9.17, 15) is 14.0 Å². The number of aromatic carboxylic acids is 1. The number of nitrogens with one attached hydrogen (secondary N) is 1. The summed E-state index contributed by atoms with van der Waals surface area (Å²) in [5, 5.41) is 8.81. The number of carboxylic acid groups (broad SMARTS) is 1. The average molecular weight is 248 g/mol. The van der Waals surface area contributed by atoms with Gasteiger partial charge in [-0.1, -0.05) is 12.1 Å². The summed E-state index contributed by atoms with van der Waals surface area (Å²) in [5.41, 5.74) is -0.138. The molecule has 1 aromatic carbocycles. The Morgan fingerprint density at radius 3 is 2.72 bits per heavy atom. The summed E-state index contributed by atoms with van der Waals surface area (Å²) < 4.78 is 13.4. The van der Waals surface area contributed by atoms with E-state index in [2.05, 4.69) is 9.97 Å². The lowest BCUT2D eigenvalue weighted by atomic mass is 10.1. The molecule has 0 fully saturated rings. The molecule has 0 saturated heterocycles. The number of H-pyrrole nitrogens is 1. The second kappa shape index (κ2) is 4.40. The lowest BCUT2D eigenvalue weighted by Crippen LogP contribution is -2.16. The molecule has 0 spiro atoms. The highest BCUT2D eigenvalue weighted by molar-refractivity contribution is 5.86. The van der Waals surface area contributed by atoms with Gasteiger partial charge in [-0.3, -0.25) is 4.98 Å². The number of carbonyl (C=O) groups is 1. The Morgan fingerprint density at radius 1 is 1.39 bits per heavy atom. The molecule has 2 rings (SSSR count). The molecule has 0 aliphatic carbocycles. The van der Waals surface area contributed by atoms with Crippen LogP contribution in [0.25, 0.3) is 11.3 Å². The van der Waals surface area contributed by atoms with Gasteiger partial charge in [0.05, 0.1) is 5.69 Å². The smallest absolute Gasteiger partial charge is 0.352 e. The fraction of sp³-hybridized carbons (Fsp3) is 0.0833. The van der Waals surface area contributed by atoms with E-state index in [-0.39, 0.29) is 11.4 Å². The molecule has 0 aliphatic rings. The van der Waals surface area contributed by atoms with Gasteiger partial charge in [-0.15, -0.1) is 0 Å². The summed E-state index contributed by atoms with van der Waals surface area (Å²) in [5.74, 6) is -1.71. The molecule has 0 radical (unpaired) electrons. The second-order valence-corrected chi connectivity index (χ2v) is 3.75. The third-order valence-electron chi connectivity index (χ3n) is 2.44. The molecule has 92 valence electrons.